The molecular weight excluding hydrogens is 580 g/mol. The first-order chi connectivity index (χ1) is 23.2. The number of benzene rings is 5. The second-order valence-corrected chi connectivity index (χ2v) is 10.9. The lowest BCUT2D eigenvalue weighted by molar-refractivity contribution is 1.07. The predicted octanol–water partition coefficient (Wildman–Crippen LogP) is 8.17. The SMILES string of the molecule is N#Cc1ncc(-c2ccc(-n3c4ccccc4c4cc(-c5nc(-c6ccccc6)nc(-c6ccccc6)n5)ccc43)c(C#N)c2)cn1. The van der Waals surface area contributed by atoms with Crippen molar-refractivity contribution < 1.29 is 0 Å². The van der Waals surface area contributed by atoms with E-state index in [-0.39, 0.29) is 5.82 Å². The zero-order chi connectivity index (χ0) is 31.7. The Kier molecular flexibility index (Phi) is 6.72. The van der Waals surface area contributed by atoms with Gasteiger partial charge in [0.1, 0.15) is 12.1 Å². The van der Waals surface area contributed by atoms with Gasteiger partial charge in [-0.25, -0.2) is 24.9 Å². The van der Waals surface area contributed by atoms with Crippen LogP contribution < -0.4 is 0 Å². The second kappa shape index (κ2) is 11.5. The Hall–Kier alpha value is -7.03. The highest BCUT2D eigenvalue weighted by Crippen LogP contribution is 2.36. The lowest BCUT2D eigenvalue weighted by Gasteiger charge is -2.12. The highest BCUT2D eigenvalue weighted by atomic mass is 15.0. The van der Waals surface area contributed by atoms with Crippen molar-refractivity contribution in [3.05, 3.63) is 145 Å². The van der Waals surface area contributed by atoms with E-state index in [2.05, 4.69) is 44.9 Å². The maximum absolute atomic E-state index is 10.3. The summed E-state index contributed by atoms with van der Waals surface area (Å²) in [5, 5.41) is 21.4. The van der Waals surface area contributed by atoms with Gasteiger partial charge in [-0.2, -0.15) is 10.5 Å². The van der Waals surface area contributed by atoms with Crippen molar-refractivity contribution in [1.82, 2.24) is 29.5 Å². The number of hydrogen-bond donors (Lipinski definition) is 0. The van der Waals surface area contributed by atoms with Crippen LogP contribution in [0.4, 0.5) is 0 Å². The first kappa shape index (κ1) is 27.5. The van der Waals surface area contributed by atoms with Crippen molar-refractivity contribution in [2.75, 3.05) is 0 Å². The van der Waals surface area contributed by atoms with Crippen molar-refractivity contribution in [3.8, 4) is 63.1 Å². The average molecular weight is 603 g/mol. The van der Waals surface area contributed by atoms with Crippen molar-refractivity contribution in [2.24, 2.45) is 0 Å². The third-order valence-electron chi connectivity index (χ3n) is 8.07. The fraction of sp³-hybridized carbons (Fsp3) is 0. The fourth-order valence-electron chi connectivity index (χ4n) is 5.84. The Bertz CT molecular complexity index is 2470. The Balaban J connectivity index is 1.30. The third kappa shape index (κ3) is 4.93. The number of para-hydroxylation sites is 1. The second-order valence-electron chi connectivity index (χ2n) is 10.9. The number of nitrogens with zero attached hydrogens (tertiary/aromatic N) is 8. The van der Waals surface area contributed by atoms with E-state index in [0.29, 0.717) is 23.0 Å². The number of aromatic nitrogens is 6. The summed E-state index contributed by atoms with van der Waals surface area (Å²) in [5.41, 5.74) is 7.35. The summed E-state index contributed by atoms with van der Waals surface area (Å²) in [7, 11) is 0. The van der Waals surface area contributed by atoms with Crippen LogP contribution in [0.15, 0.2) is 134 Å². The molecule has 0 aliphatic rings. The number of hydrogen-bond acceptors (Lipinski definition) is 7. The van der Waals surface area contributed by atoms with Crippen LogP contribution in [0.2, 0.25) is 0 Å². The summed E-state index contributed by atoms with van der Waals surface area (Å²) in [6.07, 6.45) is 3.19. The summed E-state index contributed by atoms with van der Waals surface area (Å²) in [6, 6.07) is 44.2. The van der Waals surface area contributed by atoms with Crippen LogP contribution in [0.1, 0.15) is 11.4 Å². The van der Waals surface area contributed by atoms with Gasteiger partial charge in [-0.15, -0.1) is 0 Å². The maximum atomic E-state index is 10.3. The molecule has 8 nitrogen and oxygen atoms in total. The van der Waals surface area contributed by atoms with Crippen LogP contribution in [-0.4, -0.2) is 29.5 Å². The van der Waals surface area contributed by atoms with Crippen LogP contribution >= 0.6 is 0 Å². The summed E-state index contributed by atoms with van der Waals surface area (Å²) < 4.78 is 2.12. The molecule has 3 aromatic heterocycles. The smallest absolute Gasteiger partial charge is 0.232 e. The van der Waals surface area contributed by atoms with Crippen molar-refractivity contribution in [3.63, 3.8) is 0 Å². The molecule has 0 unspecified atom stereocenters. The summed E-state index contributed by atoms with van der Waals surface area (Å²) in [4.78, 5) is 22.9. The number of rotatable bonds is 5. The van der Waals surface area contributed by atoms with Crippen molar-refractivity contribution >= 4 is 21.8 Å². The van der Waals surface area contributed by atoms with Crippen LogP contribution in [-0.2, 0) is 0 Å². The van der Waals surface area contributed by atoms with Gasteiger partial charge in [0, 0.05) is 45.4 Å². The summed E-state index contributed by atoms with van der Waals surface area (Å²) in [5.74, 6) is 1.87. The van der Waals surface area contributed by atoms with Crippen LogP contribution in [0.25, 0.3) is 72.8 Å². The minimum absolute atomic E-state index is 0.0975. The summed E-state index contributed by atoms with van der Waals surface area (Å²) >= 11 is 0. The Morgan fingerprint density at radius 3 is 1.68 bits per heavy atom. The molecule has 0 atom stereocenters. The minimum atomic E-state index is 0.0975. The van der Waals surface area contributed by atoms with Gasteiger partial charge >= 0.3 is 0 Å². The van der Waals surface area contributed by atoms with E-state index in [1.807, 2.05) is 103 Å². The van der Waals surface area contributed by atoms with Crippen LogP contribution in [0.5, 0.6) is 0 Å². The molecule has 0 N–H and O–H groups in total. The van der Waals surface area contributed by atoms with E-state index in [1.54, 1.807) is 12.4 Å². The van der Waals surface area contributed by atoms with Gasteiger partial charge in [-0.1, -0.05) is 84.9 Å². The summed E-state index contributed by atoms with van der Waals surface area (Å²) in [6.45, 7) is 0. The number of fused-ring (bicyclic) bond motifs is 3. The Morgan fingerprint density at radius 1 is 0.468 bits per heavy atom. The number of nitriles is 2. The largest absolute Gasteiger partial charge is 0.308 e. The van der Waals surface area contributed by atoms with Gasteiger partial charge in [0.2, 0.25) is 5.82 Å². The maximum Gasteiger partial charge on any atom is 0.232 e. The zero-order valence-corrected chi connectivity index (χ0v) is 24.8. The van der Waals surface area contributed by atoms with Gasteiger partial charge in [-0.05, 0) is 42.0 Å². The van der Waals surface area contributed by atoms with E-state index in [1.165, 1.54) is 0 Å². The monoisotopic (exact) mass is 602 g/mol. The molecule has 0 amide bonds. The lowest BCUT2D eigenvalue weighted by atomic mass is 10.0. The first-order valence-corrected chi connectivity index (χ1v) is 14.9. The molecule has 8 heteroatoms. The Morgan fingerprint density at radius 2 is 1.04 bits per heavy atom. The standard InChI is InChI=1S/C39H22N8/c40-21-29-19-27(30-23-42-36(22-41)43-24-30)15-17-33(29)47-34-14-8-7-13-31(34)32-20-28(16-18-35(32)47)39-45-37(25-9-3-1-4-10-25)44-38(46-39)26-11-5-2-6-12-26/h1-20,23-24H. The molecule has 0 radical (unpaired) electrons. The Labute approximate surface area is 269 Å². The van der Waals surface area contributed by atoms with Gasteiger partial charge in [0.05, 0.1) is 22.3 Å². The first-order valence-electron chi connectivity index (χ1n) is 14.9. The third-order valence-corrected chi connectivity index (χ3v) is 8.07. The molecule has 0 saturated heterocycles. The highest BCUT2D eigenvalue weighted by Gasteiger charge is 2.18. The topological polar surface area (TPSA) is 117 Å². The molecule has 218 valence electrons. The lowest BCUT2D eigenvalue weighted by Crippen LogP contribution is -2.00. The zero-order valence-electron chi connectivity index (χ0n) is 24.8. The van der Waals surface area contributed by atoms with Gasteiger partial charge in [0.15, 0.2) is 17.5 Å². The quantitative estimate of drug-likeness (QED) is 0.195. The fourth-order valence-corrected chi connectivity index (χ4v) is 5.84. The molecule has 0 saturated carbocycles. The molecule has 8 rings (SSSR count). The van der Waals surface area contributed by atoms with Crippen molar-refractivity contribution in [2.45, 2.75) is 0 Å². The molecular formula is C39H22N8. The van der Waals surface area contributed by atoms with E-state index in [9.17, 15) is 5.26 Å². The van der Waals surface area contributed by atoms with Gasteiger partial charge in [-0.3, -0.25) is 0 Å². The normalized spacial score (nSPS) is 10.9. The van der Waals surface area contributed by atoms with Crippen molar-refractivity contribution in [1.29, 1.82) is 10.5 Å². The average Bonchev–Trinajstić information content (AvgIpc) is 3.48. The highest BCUT2D eigenvalue weighted by molar-refractivity contribution is 6.10. The molecule has 0 aliphatic carbocycles. The molecule has 3 heterocycles. The van der Waals surface area contributed by atoms with Crippen LogP contribution in [0, 0.1) is 22.7 Å². The molecule has 47 heavy (non-hydrogen) atoms. The molecule has 5 aromatic carbocycles. The molecule has 0 aliphatic heterocycles. The van der Waals surface area contributed by atoms with E-state index in [0.717, 1.165) is 55.3 Å². The van der Waals surface area contributed by atoms with E-state index >= 15 is 0 Å². The van der Waals surface area contributed by atoms with Gasteiger partial charge < -0.3 is 4.57 Å². The molecule has 0 bridgehead atoms. The van der Waals surface area contributed by atoms with Crippen LogP contribution in [0.3, 0.4) is 0 Å². The van der Waals surface area contributed by atoms with Gasteiger partial charge in [0.25, 0.3) is 0 Å². The van der Waals surface area contributed by atoms with E-state index < -0.39 is 0 Å². The minimum Gasteiger partial charge on any atom is -0.308 e. The predicted molar refractivity (Wildman–Crippen MR) is 181 cm³/mol. The molecule has 0 spiro atoms. The molecule has 8 aromatic rings. The van der Waals surface area contributed by atoms with E-state index in [4.69, 9.17) is 20.2 Å². The molecule has 0 fully saturated rings.